The Balaban J connectivity index is 1.62. The number of hydrogen-bond acceptors (Lipinski definition) is 2. The van der Waals surface area contributed by atoms with Crippen LogP contribution in [0.1, 0.15) is 34.1 Å². The number of amides is 1. The van der Waals surface area contributed by atoms with Crippen LogP contribution in [0.25, 0.3) is 10.9 Å². The van der Waals surface area contributed by atoms with Crippen molar-refractivity contribution in [3.63, 3.8) is 0 Å². The van der Waals surface area contributed by atoms with Crippen LogP contribution in [0.5, 0.6) is 0 Å². The SMILES string of the molecule is CCc1ccc(C(=O)N2CCc3c([nH]c4ccc(Cl)cc34)C2)cc1N. The zero-order valence-corrected chi connectivity index (χ0v) is 14.9. The van der Waals surface area contributed by atoms with Gasteiger partial charge in [-0.05, 0) is 54.3 Å². The number of aromatic amines is 1. The minimum Gasteiger partial charge on any atom is -0.398 e. The second kappa shape index (κ2) is 6.12. The Labute approximate surface area is 151 Å². The summed E-state index contributed by atoms with van der Waals surface area (Å²) in [4.78, 5) is 18.2. The number of fused-ring (bicyclic) bond motifs is 3. The van der Waals surface area contributed by atoms with Crippen LogP contribution in [0.2, 0.25) is 5.02 Å². The molecule has 3 aromatic rings. The molecule has 2 heterocycles. The Kier molecular flexibility index (Phi) is 3.92. The summed E-state index contributed by atoms with van der Waals surface area (Å²) >= 11 is 6.13. The molecular weight excluding hydrogens is 334 g/mol. The third kappa shape index (κ3) is 2.76. The van der Waals surface area contributed by atoms with Gasteiger partial charge < -0.3 is 15.6 Å². The summed E-state index contributed by atoms with van der Waals surface area (Å²) in [6, 6.07) is 11.5. The molecule has 0 bridgehead atoms. The number of benzene rings is 2. The van der Waals surface area contributed by atoms with Crippen molar-refractivity contribution in [3.8, 4) is 0 Å². The molecule has 0 radical (unpaired) electrons. The minimum absolute atomic E-state index is 0.0247. The van der Waals surface area contributed by atoms with Crippen LogP contribution in [0, 0.1) is 0 Å². The molecule has 1 aliphatic rings. The number of nitrogens with zero attached hydrogens (tertiary/aromatic N) is 1. The van der Waals surface area contributed by atoms with E-state index in [1.807, 2.05) is 35.2 Å². The molecule has 0 atom stereocenters. The number of rotatable bonds is 2. The van der Waals surface area contributed by atoms with Crippen molar-refractivity contribution < 1.29 is 4.79 Å². The Hall–Kier alpha value is -2.46. The van der Waals surface area contributed by atoms with Gasteiger partial charge >= 0.3 is 0 Å². The van der Waals surface area contributed by atoms with Gasteiger partial charge in [0.1, 0.15) is 0 Å². The molecule has 0 spiro atoms. The predicted octanol–water partition coefficient (Wildman–Crippen LogP) is 4.16. The summed E-state index contributed by atoms with van der Waals surface area (Å²) in [6.45, 7) is 3.33. The van der Waals surface area contributed by atoms with Crippen LogP contribution in [-0.2, 0) is 19.4 Å². The fourth-order valence-electron chi connectivity index (χ4n) is 3.62. The molecule has 0 saturated carbocycles. The quantitative estimate of drug-likeness (QED) is 0.679. The number of aryl methyl sites for hydroxylation is 1. The van der Waals surface area contributed by atoms with Crippen molar-refractivity contribution in [2.24, 2.45) is 0 Å². The van der Waals surface area contributed by atoms with Crippen LogP contribution >= 0.6 is 11.6 Å². The Bertz CT molecular complexity index is 976. The normalized spacial score (nSPS) is 13.9. The van der Waals surface area contributed by atoms with E-state index in [2.05, 4.69) is 11.9 Å². The maximum absolute atomic E-state index is 12.9. The highest BCUT2D eigenvalue weighted by Crippen LogP contribution is 2.30. The van der Waals surface area contributed by atoms with Crippen molar-refractivity contribution >= 4 is 34.1 Å². The average molecular weight is 354 g/mol. The maximum Gasteiger partial charge on any atom is 0.254 e. The zero-order chi connectivity index (χ0) is 17.6. The molecular formula is C20H20ClN3O. The minimum atomic E-state index is 0.0247. The fourth-order valence-corrected chi connectivity index (χ4v) is 3.79. The number of hydrogen-bond donors (Lipinski definition) is 2. The topological polar surface area (TPSA) is 62.1 Å². The Morgan fingerprint density at radius 2 is 2.12 bits per heavy atom. The molecule has 1 aromatic heterocycles. The predicted molar refractivity (Wildman–Crippen MR) is 102 cm³/mol. The van der Waals surface area contributed by atoms with E-state index in [1.165, 1.54) is 5.56 Å². The highest BCUT2D eigenvalue weighted by atomic mass is 35.5. The second-order valence-electron chi connectivity index (χ2n) is 6.52. The lowest BCUT2D eigenvalue weighted by Gasteiger charge is -2.27. The lowest BCUT2D eigenvalue weighted by Crippen LogP contribution is -2.35. The largest absolute Gasteiger partial charge is 0.398 e. The molecule has 3 N–H and O–H groups in total. The van der Waals surface area contributed by atoms with Crippen LogP contribution in [-0.4, -0.2) is 22.3 Å². The van der Waals surface area contributed by atoms with E-state index >= 15 is 0 Å². The number of aromatic nitrogens is 1. The first-order valence-electron chi connectivity index (χ1n) is 8.53. The molecule has 4 nitrogen and oxygen atoms in total. The average Bonchev–Trinajstić information content (AvgIpc) is 2.98. The van der Waals surface area contributed by atoms with Gasteiger partial charge in [0.15, 0.2) is 0 Å². The number of halogens is 1. The molecule has 128 valence electrons. The molecule has 4 rings (SSSR count). The van der Waals surface area contributed by atoms with Gasteiger partial charge in [-0.15, -0.1) is 0 Å². The van der Waals surface area contributed by atoms with Crippen LogP contribution in [0.4, 0.5) is 5.69 Å². The smallest absolute Gasteiger partial charge is 0.254 e. The van der Waals surface area contributed by atoms with Gasteiger partial charge in [0.25, 0.3) is 5.91 Å². The van der Waals surface area contributed by atoms with Gasteiger partial charge in [0, 0.05) is 39.4 Å². The second-order valence-corrected chi connectivity index (χ2v) is 6.95. The molecule has 0 aliphatic carbocycles. The monoisotopic (exact) mass is 353 g/mol. The number of anilines is 1. The van der Waals surface area contributed by atoms with Gasteiger partial charge in [-0.2, -0.15) is 0 Å². The van der Waals surface area contributed by atoms with Crippen molar-refractivity contribution in [1.29, 1.82) is 0 Å². The van der Waals surface area contributed by atoms with Crippen LogP contribution in [0.3, 0.4) is 0 Å². The highest BCUT2D eigenvalue weighted by Gasteiger charge is 2.25. The lowest BCUT2D eigenvalue weighted by molar-refractivity contribution is 0.0733. The van der Waals surface area contributed by atoms with E-state index in [0.717, 1.165) is 40.0 Å². The summed E-state index contributed by atoms with van der Waals surface area (Å²) in [5, 5.41) is 1.89. The van der Waals surface area contributed by atoms with Crippen molar-refractivity contribution in [3.05, 3.63) is 63.8 Å². The van der Waals surface area contributed by atoms with Crippen molar-refractivity contribution in [1.82, 2.24) is 9.88 Å². The standard InChI is InChI=1S/C20H20ClN3O/c1-2-12-3-4-13(9-17(12)22)20(25)24-8-7-15-16-10-14(21)5-6-18(16)23-19(15)11-24/h3-6,9-10,23H,2,7-8,11,22H2,1H3. The van der Waals surface area contributed by atoms with Crippen LogP contribution < -0.4 is 5.73 Å². The maximum atomic E-state index is 12.9. The number of nitrogens with two attached hydrogens (primary N) is 1. The molecule has 0 unspecified atom stereocenters. The number of carbonyl (C=O) groups is 1. The lowest BCUT2D eigenvalue weighted by atomic mass is 10.0. The Morgan fingerprint density at radius 3 is 2.88 bits per heavy atom. The van der Waals surface area contributed by atoms with E-state index in [9.17, 15) is 4.79 Å². The van der Waals surface area contributed by atoms with Gasteiger partial charge in [-0.3, -0.25) is 4.79 Å². The number of H-pyrrole nitrogens is 1. The molecule has 25 heavy (non-hydrogen) atoms. The van der Waals surface area contributed by atoms with Gasteiger partial charge in [0.05, 0.1) is 6.54 Å². The molecule has 1 amide bonds. The fraction of sp³-hybridized carbons (Fsp3) is 0.250. The first kappa shape index (κ1) is 16.0. The zero-order valence-electron chi connectivity index (χ0n) is 14.1. The van der Waals surface area contributed by atoms with E-state index < -0.39 is 0 Å². The Morgan fingerprint density at radius 1 is 1.28 bits per heavy atom. The number of nitrogens with one attached hydrogen (secondary N) is 1. The molecule has 0 saturated heterocycles. The number of nitrogen functional groups attached to an aromatic ring is 1. The highest BCUT2D eigenvalue weighted by molar-refractivity contribution is 6.31. The molecule has 5 heteroatoms. The first-order valence-corrected chi connectivity index (χ1v) is 8.91. The van der Waals surface area contributed by atoms with E-state index in [4.69, 9.17) is 17.3 Å². The number of carbonyl (C=O) groups excluding carboxylic acids is 1. The van der Waals surface area contributed by atoms with E-state index in [1.54, 1.807) is 6.07 Å². The van der Waals surface area contributed by atoms with Gasteiger partial charge in [-0.25, -0.2) is 0 Å². The van der Waals surface area contributed by atoms with Gasteiger partial charge in [-0.1, -0.05) is 24.6 Å². The first-order chi connectivity index (χ1) is 12.1. The molecule has 2 aromatic carbocycles. The summed E-state index contributed by atoms with van der Waals surface area (Å²) < 4.78 is 0. The van der Waals surface area contributed by atoms with E-state index in [0.29, 0.717) is 24.3 Å². The third-order valence-corrected chi connectivity index (χ3v) is 5.23. The van der Waals surface area contributed by atoms with Crippen molar-refractivity contribution in [2.75, 3.05) is 12.3 Å². The third-order valence-electron chi connectivity index (χ3n) is 5.00. The van der Waals surface area contributed by atoms with E-state index in [-0.39, 0.29) is 5.91 Å². The summed E-state index contributed by atoms with van der Waals surface area (Å²) in [5.41, 5.74) is 11.9. The molecule has 0 fully saturated rings. The molecule has 1 aliphatic heterocycles. The summed E-state index contributed by atoms with van der Waals surface area (Å²) in [5.74, 6) is 0.0247. The summed E-state index contributed by atoms with van der Waals surface area (Å²) in [7, 11) is 0. The summed E-state index contributed by atoms with van der Waals surface area (Å²) in [6.07, 6.45) is 1.69. The van der Waals surface area contributed by atoms with Crippen molar-refractivity contribution in [2.45, 2.75) is 26.3 Å². The van der Waals surface area contributed by atoms with Gasteiger partial charge in [0.2, 0.25) is 0 Å². The van der Waals surface area contributed by atoms with Crippen LogP contribution in [0.15, 0.2) is 36.4 Å².